The fourth-order valence-electron chi connectivity index (χ4n) is 3.07. The predicted octanol–water partition coefficient (Wildman–Crippen LogP) is 3.38. The third-order valence-corrected chi connectivity index (χ3v) is 4.25. The standard InChI is InChI=1S/C17H26N2O/c1-2-16-9-4-3-5-12-19(16)17(20)11-10-14-7-6-8-15(18)13-14/h6-8,13,16H,2-5,9-12,18H2,1H3. The van der Waals surface area contributed by atoms with E-state index < -0.39 is 0 Å². The first-order valence-corrected chi connectivity index (χ1v) is 7.84. The maximum Gasteiger partial charge on any atom is 0.223 e. The predicted molar refractivity (Wildman–Crippen MR) is 83.4 cm³/mol. The molecule has 2 rings (SSSR count). The van der Waals surface area contributed by atoms with Gasteiger partial charge < -0.3 is 10.6 Å². The third-order valence-electron chi connectivity index (χ3n) is 4.25. The second-order valence-electron chi connectivity index (χ2n) is 5.74. The Balaban J connectivity index is 1.92. The van der Waals surface area contributed by atoms with E-state index in [1.54, 1.807) is 0 Å². The number of nitrogens with zero attached hydrogens (tertiary/aromatic N) is 1. The molecule has 0 saturated carbocycles. The fourth-order valence-corrected chi connectivity index (χ4v) is 3.07. The van der Waals surface area contributed by atoms with E-state index in [2.05, 4.69) is 11.8 Å². The van der Waals surface area contributed by atoms with Gasteiger partial charge in [0, 0.05) is 24.7 Å². The van der Waals surface area contributed by atoms with E-state index in [-0.39, 0.29) is 0 Å². The van der Waals surface area contributed by atoms with E-state index in [4.69, 9.17) is 5.73 Å². The van der Waals surface area contributed by atoms with Crippen LogP contribution >= 0.6 is 0 Å². The van der Waals surface area contributed by atoms with E-state index in [1.807, 2.05) is 24.3 Å². The summed E-state index contributed by atoms with van der Waals surface area (Å²) in [5.41, 5.74) is 7.70. The summed E-state index contributed by atoms with van der Waals surface area (Å²) in [5, 5.41) is 0. The number of benzene rings is 1. The highest BCUT2D eigenvalue weighted by atomic mass is 16.2. The zero-order valence-corrected chi connectivity index (χ0v) is 12.5. The molecule has 1 fully saturated rings. The summed E-state index contributed by atoms with van der Waals surface area (Å²) < 4.78 is 0. The number of nitrogens with two attached hydrogens (primary N) is 1. The molecule has 0 aliphatic carbocycles. The Morgan fingerprint density at radius 1 is 1.35 bits per heavy atom. The first kappa shape index (κ1) is 14.9. The van der Waals surface area contributed by atoms with Gasteiger partial charge in [-0.25, -0.2) is 0 Å². The minimum absolute atomic E-state index is 0.307. The van der Waals surface area contributed by atoms with Crippen molar-refractivity contribution in [3.05, 3.63) is 29.8 Å². The number of rotatable bonds is 4. The molecule has 0 bridgehead atoms. The van der Waals surface area contributed by atoms with Gasteiger partial charge >= 0.3 is 0 Å². The lowest BCUT2D eigenvalue weighted by atomic mass is 10.1. The van der Waals surface area contributed by atoms with Gasteiger partial charge in [-0.05, 0) is 43.4 Å². The second-order valence-corrected chi connectivity index (χ2v) is 5.74. The Bertz CT molecular complexity index is 444. The average molecular weight is 274 g/mol. The molecule has 0 aromatic heterocycles. The van der Waals surface area contributed by atoms with Crippen LogP contribution in [0.15, 0.2) is 24.3 Å². The van der Waals surface area contributed by atoms with E-state index in [0.717, 1.165) is 37.1 Å². The molecule has 0 radical (unpaired) electrons. The van der Waals surface area contributed by atoms with Gasteiger partial charge in [-0.3, -0.25) is 4.79 Å². The zero-order chi connectivity index (χ0) is 14.4. The van der Waals surface area contributed by atoms with Crippen molar-refractivity contribution in [2.24, 2.45) is 0 Å². The van der Waals surface area contributed by atoms with Gasteiger partial charge in [0.1, 0.15) is 0 Å². The summed E-state index contributed by atoms with van der Waals surface area (Å²) in [7, 11) is 0. The maximum atomic E-state index is 12.5. The Morgan fingerprint density at radius 3 is 2.95 bits per heavy atom. The molecule has 1 aliphatic heterocycles. The molecule has 1 heterocycles. The lowest BCUT2D eigenvalue weighted by Crippen LogP contribution is -2.39. The maximum absolute atomic E-state index is 12.5. The van der Waals surface area contributed by atoms with Crippen molar-refractivity contribution in [2.75, 3.05) is 12.3 Å². The monoisotopic (exact) mass is 274 g/mol. The van der Waals surface area contributed by atoms with E-state index >= 15 is 0 Å². The van der Waals surface area contributed by atoms with Crippen molar-refractivity contribution in [3.8, 4) is 0 Å². The van der Waals surface area contributed by atoms with Crippen molar-refractivity contribution in [2.45, 2.75) is 57.9 Å². The largest absolute Gasteiger partial charge is 0.399 e. The van der Waals surface area contributed by atoms with Crippen molar-refractivity contribution in [1.82, 2.24) is 4.90 Å². The van der Waals surface area contributed by atoms with Crippen LogP contribution in [0.4, 0.5) is 5.69 Å². The quantitative estimate of drug-likeness (QED) is 0.856. The van der Waals surface area contributed by atoms with Crippen LogP contribution in [0, 0.1) is 0 Å². The van der Waals surface area contributed by atoms with E-state index in [9.17, 15) is 4.79 Å². The van der Waals surface area contributed by atoms with Crippen LogP contribution in [0.5, 0.6) is 0 Å². The molecule has 2 N–H and O–H groups in total. The summed E-state index contributed by atoms with van der Waals surface area (Å²) in [5.74, 6) is 0.307. The number of carbonyl (C=O) groups excluding carboxylic acids is 1. The fraction of sp³-hybridized carbons (Fsp3) is 0.588. The van der Waals surface area contributed by atoms with E-state index in [1.165, 1.54) is 19.3 Å². The van der Waals surface area contributed by atoms with Gasteiger partial charge in [-0.1, -0.05) is 31.9 Å². The summed E-state index contributed by atoms with van der Waals surface area (Å²) in [6.07, 6.45) is 7.30. The van der Waals surface area contributed by atoms with Gasteiger partial charge in [0.15, 0.2) is 0 Å². The molecule has 20 heavy (non-hydrogen) atoms. The zero-order valence-electron chi connectivity index (χ0n) is 12.5. The SMILES string of the molecule is CCC1CCCCCN1C(=O)CCc1cccc(N)c1. The number of hydrogen-bond donors (Lipinski definition) is 1. The lowest BCUT2D eigenvalue weighted by Gasteiger charge is -2.29. The van der Waals surface area contributed by atoms with Crippen LogP contribution in [-0.4, -0.2) is 23.4 Å². The molecule has 1 aromatic carbocycles. The van der Waals surface area contributed by atoms with Gasteiger partial charge in [-0.15, -0.1) is 0 Å². The van der Waals surface area contributed by atoms with Crippen LogP contribution in [0.1, 0.15) is 51.0 Å². The lowest BCUT2D eigenvalue weighted by molar-refractivity contribution is -0.133. The van der Waals surface area contributed by atoms with Gasteiger partial charge in [0.25, 0.3) is 0 Å². The number of aryl methyl sites for hydroxylation is 1. The summed E-state index contributed by atoms with van der Waals surface area (Å²) >= 11 is 0. The van der Waals surface area contributed by atoms with Crippen LogP contribution in [-0.2, 0) is 11.2 Å². The molecule has 1 amide bonds. The highest BCUT2D eigenvalue weighted by Gasteiger charge is 2.23. The molecule has 1 aromatic rings. The number of likely N-dealkylation sites (tertiary alicyclic amines) is 1. The molecule has 1 unspecified atom stereocenters. The van der Waals surface area contributed by atoms with Gasteiger partial charge in [-0.2, -0.15) is 0 Å². The van der Waals surface area contributed by atoms with Crippen molar-refractivity contribution < 1.29 is 4.79 Å². The average Bonchev–Trinajstić information content (AvgIpc) is 2.70. The first-order chi connectivity index (χ1) is 9.70. The Morgan fingerprint density at radius 2 is 2.20 bits per heavy atom. The molecular formula is C17H26N2O. The molecule has 3 nitrogen and oxygen atoms in total. The number of anilines is 1. The van der Waals surface area contributed by atoms with Crippen molar-refractivity contribution in [3.63, 3.8) is 0 Å². The normalized spacial score (nSPS) is 19.6. The van der Waals surface area contributed by atoms with Gasteiger partial charge in [0.2, 0.25) is 5.91 Å². The minimum atomic E-state index is 0.307. The number of hydrogen-bond acceptors (Lipinski definition) is 2. The highest BCUT2D eigenvalue weighted by Crippen LogP contribution is 2.20. The highest BCUT2D eigenvalue weighted by molar-refractivity contribution is 5.76. The summed E-state index contributed by atoms with van der Waals surface area (Å²) in [4.78, 5) is 14.6. The number of carbonyl (C=O) groups is 1. The van der Waals surface area contributed by atoms with Crippen LogP contribution < -0.4 is 5.73 Å². The summed E-state index contributed by atoms with van der Waals surface area (Å²) in [6.45, 7) is 3.13. The molecular weight excluding hydrogens is 248 g/mol. The topological polar surface area (TPSA) is 46.3 Å². The number of nitrogen functional groups attached to an aromatic ring is 1. The van der Waals surface area contributed by atoms with Crippen LogP contribution in [0.2, 0.25) is 0 Å². The third kappa shape index (κ3) is 3.99. The Hall–Kier alpha value is -1.51. The van der Waals surface area contributed by atoms with Crippen molar-refractivity contribution in [1.29, 1.82) is 0 Å². The molecule has 1 saturated heterocycles. The second kappa shape index (κ2) is 7.32. The number of amides is 1. The smallest absolute Gasteiger partial charge is 0.223 e. The summed E-state index contributed by atoms with van der Waals surface area (Å²) in [6, 6.07) is 8.30. The van der Waals surface area contributed by atoms with Crippen LogP contribution in [0.25, 0.3) is 0 Å². The van der Waals surface area contributed by atoms with Crippen molar-refractivity contribution >= 4 is 11.6 Å². The molecule has 1 atom stereocenters. The van der Waals surface area contributed by atoms with Gasteiger partial charge in [0.05, 0.1) is 0 Å². The molecule has 1 aliphatic rings. The van der Waals surface area contributed by atoms with E-state index in [0.29, 0.717) is 18.4 Å². The Labute approximate surface area is 122 Å². The Kier molecular flexibility index (Phi) is 5.45. The molecule has 3 heteroatoms. The first-order valence-electron chi connectivity index (χ1n) is 7.84. The minimum Gasteiger partial charge on any atom is -0.399 e. The molecule has 0 spiro atoms. The van der Waals surface area contributed by atoms with Crippen LogP contribution in [0.3, 0.4) is 0 Å². The molecule has 110 valence electrons.